The van der Waals surface area contributed by atoms with Crippen LogP contribution in [-0.4, -0.2) is 51.6 Å². The molecule has 1 aliphatic rings. The van der Waals surface area contributed by atoms with Crippen molar-refractivity contribution in [3.8, 4) is 11.5 Å². The number of nitrogens with one attached hydrogen (secondary N) is 3. The number of piperidine rings is 1. The number of likely N-dealkylation sites (tertiary alicyclic amines) is 1. The van der Waals surface area contributed by atoms with Gasteiger partial charge in [-0.05, 0) is 69.6 Å². The van der Waals surface area contributed by atoms with E-state index < -0.39 is 5.60 Å². The number of rotatable bonds is 7. The third-order valence-electron chi connectivity index (χ3n) is 6.39. The Morgan fingerprint density at radius 2 is 1.70 bits per heavy atom. The van der Waals surface area contributed by atoms with Gasteiger partial charge in [-0.3, -0.25) is 9.59 Å². The molecule has 0 spiro atoms. The molecule has 0 aliphatic carbocycles. The van der Waals surface area contributed by atoms with E-state index in [1.165, 1.54) is 6.20 Å². The topological polar surface area (TPSA) is 122 Å². The predicted octanol–water partition coefficient (Wildman–Crippen LogP) is 6.17. The van der Waals surface area contributed by atoms with Gasteiger partial charge in [-0.15, -0.1) is 0 Å². The van der Waals surface area contributed by atoms with Crippen molar-refractivity contribution in [2.24, 2.45) is 5.92 Å². The summed E-state index contributed by atoms with van der Waals surface area (Å²) >= 11 is 11.7. The number of nitrogens with zero attached hydrogens (tertiary/aromatic N) is 2. The van der Waals surface area contributed by atoms with Crippen LogP contribution >= 0.6 is 23.8 Å². The van der Waals surface area contributed by atoms with E-state index in [0.29, 0.717) is 54.0 Å². The second kappa shape index (κ2) is 14.3. The summed E-state index contributed by atoms with van der Waals surface area (Å²) < 4.78 is 11.4. The number of amides is 3. The van der Waals surface area contributed by atoms with Gasteiger partial charge in [-0.2, -0.15) is 0 Å². The lowest BCUT2D eigenvalue weighted by atomic mass is 9.96. The summed E-state index contributed by atoms with van der Waals surface area (Å²) in [6.45, 7) is 6.36. The highest BCUT2D eigenvalue weighted by Crippen LogP contribution is 2.30. The van der Waals surface area contributed by atoms with Crippen LogP contribution in [-0.2, 0) is 20.7 Å². The third kappa shape index (κ3) is 9.93. The number of pyridine rings is 1. The predicted molar refractivity (Wildman–Crippen MR) is 169 cm³/mol. The first-order valence-electron chi connectivity index (χ1n) is 13.8. The quantitative estimate of drug-likeness (QED) is 0.267. The summed E-state index contributed by atoms with van der Waals surface area (Å²) in [5, 5.41) is 8.87. The molecule has 4 rings (SSSR count). The number of carbonyl (C=O) groups excluding carboxylic acids is 3. The van der Waals surface area contributed by atoms with Gasteiger partial charge in [-0.25, -0.2) is 9.78 Å². The van der Waals surface area contributed by atoms with Crippen LogP contribution in [0.4, 0.5) is 16.3 Å². The summed E-state index contributed by atoms with van der Waals surface area (Å²) in [7, 11) is 0. The maximum absolute atomic E-state index is 12.9. The summed E-state index contributed by atoms with van der Waals surface area (Å²) in [4.78, 5) is 43.3. The molecular formula is C31H34ClN5O5S. The Morgan fingerprint density at radius 1 is 1.00 bits per heavy atom. The summed E-state index contributed by atoms with van der Waals surface area (Å²) in [6.07, 6.45) is 2.42. The molecule has 12 heteroatoms. The van der Waals surface area contributed by atoms with Gasteiger partial charge in [0.05, 0.1) is 17.1 Å². The first kappa shape index (κ1) is 31.7. The number of thiocarbonyl (C=S) groups is 1. The standard InChI is InChI=1S/C31H34ClN5O5S/c1-31(2,3)42-30(40)37-15-12-21(13-16-37)28(39)35-26-19-23(11-14-33-26)41-22-9-10-25(24(32)18-22)34-29(43)36-27(38)17-20-7-5-4-6-8-20/h4-11,14,18-19,21H,12-13,15-17H2,1-3H3,(H,33,35,39)(H2,34,36,38,43). The molecule has 1 aliphatic heterocycles. The van der Waals surface area contributed by atoms with Crippen LogP contribution < -0.4 is 20.7 Å². The molecule has 1 saturated heterocycles. The van der Waals surface area contributed by atoms with Gasteiger partial charge >= 0.3 is 6.09 Å². The van der Waals surface area contributed by atoms with Crippen molar-refractivity contribution in [1.29, 1.82) is 0 Å². The van der Waals surface area contributed by atoms with Gasteiger partial charge < -0.3 is 30.3 Å². The van der Waals surface area contributed by atoms with Crippen LogP contribution in [0.3, 0.4) is 0 Å². The molecule has 3 aromatic rings. The molecule has 226 valence electrons. The van der Waals surface area contributed by atoms with Crippen molar-refractivity contribution in [2.45, 2.75) is 45.6 Å². The van der Waals surface area contributed by atoms with Crippen LogP contribution in [0.25, 0.3) is 0 Å². The van der Waals surface area contributed by atoms with E-state index in [-0.39, 0.29) is 35.4 Å². The number of hydrogen-bond acceptors (Lipinski definition) is 7. The molecule has 43 heavy (non-hydrogen) atoms. The van der Waals surface area contributed by atoms with Gasteiger partial charge in [0.25, 0.3) is 0 Å². The van der Waals surface area contributed by atoms with E-state index in [1.54, 1.807) is 35.2 Å². The van der Waals surface area contributed by atoms with Crippen molar-refractivity contribution < 1.29 is 23.9 Å². The molecule has 0 unspecified atom stereocenters. The van der Waals surface area contributed by atoms with E-state index in [9.17, 15) is 14.4 Å². The molecule has 2 heterocycles. The zero-order valence-corrected chi connectivity index (χ0v) is 25.8. The molecule has 0 saturated carbocycles. The first-order valence-corrected chi connectivity index (χ1v) is 14.6. The molecule has 1 fully saturated rings. The third-order valence-corrected chi connectivity index (χ3v) is 6.90. The van der Waals surface area contributed by atoms with Crippen molar-refractivity contribution >= 4 is 58.3 Å². The summed E-state index contributed by atoms with van der Waals surface area (Å²) in [5.41, 5.74) is 0.810. The normalized spacial score (nSPS) is 13.5. The van der Waals surface area contributed by atoms with Crippen molar-refractivity contribution in [1.82, 2.24) is 15.2 Å². The highest BCUT2D eigenvalue weighted by Gasteiger charge is 2.30. The fourth-order valence-corrected chi connectivity index (χ4v) is 4.77. The summed E-state index contributed by atoms with van der Waals surface area (Å²) in [6, 6.07) is 17.6. The average molecular weight is 624 g/mol. The van der Waals surface area contributed by atoms with E-state index >= 15 is 0 Å². The minimum absolute atomic E-state index is 0.126. The minimum Gasteiger partial charge on any atom is -0.457 e. The maximum Gasteiger partial charge on any atom is 0.410 e. The number of carbonyl (C=O) groups is 3. The Morgan fingerprint density at radius 3 is 2.37 bits per heavy atom. The van der Waals surface area contributed by atoms with E-state index in [1.807, 2.05) is 51.1 Å². The largest absolute Gasteiger partial charge is 0.457 e. The highest BCUT2D eigenvalue weighted by atomic mass is 35.5. The van der Waals surface area contributed by atoms with Gasteiger partial charge in [0, 0.05) is 37.3 Å². The van der Waals surface area contributed by atoms with Gasteiger partial charge in [-0.1, -0.05) is 41.9 Å². The Labute approximate surface area is 261 Å². The molecule has 1 aromatic heterocycles. The SMILES string of the molecule is CC(C)(C)OC(=O)N1CCC(C(=O)Nc2cc(Oc3ccc(NC(=S)NC(=O)Cc4ccccc4)c(Cl)c3)ccn2)CC1. The van der Waals surface area contributed by atoms with Crippen LogP contribution in [0.2, 0.25) is 5.02 Å². The number of halogens is 1. The monoisotopic (exact) mass is 623 g/mol. The van der Waals surface area contributed by atoms with Crippen LogP contribution in [0.15, 0.2) is 66.9 Å². The molecule has 3 N–H and O–H groups in total. The zero-order valence-electron chi connectivity index (χ0n) is 24.2. The second-order valence-corrected chi connectivity index (χ2v) is 11.8. The number of anilines is 2. The summed E-state index contributed by atoms with van der Waals surface area (Å²) in [5.74, 6) is 0.583. The fourth-order valence-electron chi connectivity index (χ4n) is 4.32. The van der Waals surface area contributed by atoms with E-state index in [2.05, 4.69) is 20.9 Å². The van der Waals surface area contributed by atoms with Gasteiger partial charge in [0.2, 0.25) is 11.8 Å². The van der Waals surface area contributed by atoms with Crippen LogP contribution in [0.5, 0.6) is 11.5 Å². The van der Waals surface area contributed by atoms with Gasteiger partial charge in [0.1, 0.15) is 22.9 Å². The fraction of sp³-hybridized carbons (Fsp3) is 0.323. The molecule has 10 nitrogen and oxygen atoms in total. The van der Waals surface area contributed by atoms with Crippen molar-refractivity contribution in [3.63, 3.8) is 0 Å². The maximum atomic E-state index is 12.9. The van der Waals surface area contributed by atoms with Crippen molar-refractivity contribution in [3.05, 3.63) is 77.4 Å². The van der Waals surface area contributed by atoms with Crippen molar-refractivity contribution in [2.75, 3.05) is 23.7 Å². The molecule has 2 aromatic carbocycles. The van der Waals surface area contributed by atoms with Gasteiger partial charge in [0.15, 0.2) is 5.11 Å². The molecule has 3 amide bonds. The lowest BCUT2D eigenvalue weighted by molar-refractivity contribution is -0.121. The number of hydrogen-bond donors (Lipinski definition) is 3. The Hall–Kier alpha value is -4.22. The molecule has 0 bridgehead atoms. The highest BCUT2D eigenvalue weighted by molar-refractivity contribution is 7.80. The zero-order chi connectivity index (χ0) is 31.0. The van der Waals surface area contributed by atoms with E-state index in [0.717, 1.165) is 5.56 Å². The number of benzene rings is 2. The molecular weight excluding hydrogens is 590 g/mol. The second-order valence-electron chi connectivity index (χ2n) is 11.0. The first-order chi connectivity index (χ1) is 20.4. The average Bonchev–Trinajstić information content (AvgIpc) is 2.94. The van der Waals surface area contributed by atoms with E-state index in [4.69, 9.17) is 33.3 Å². The Bertz CT molecular complexity index is 1470. The lowest BCUT2D eigenvalue weighted by Gasteiger charge is -2.32. The van der Waals surface area contributed by atoms with Crippen LogP contribution in [0.1, 0.15) is 39.2 Å². The van der Waals surface area contributed by atoms with Crippen LogP contribution in [0, 0.1) is 5.92 Å². The molecule has 0 radical (unpaired) electrons. The number of ether oxygens (including phenoxy) is 2. The minimum atomic E-state index is -0.566. The Kier molecular flexibility index (Phi) is 10.5. The smallest absolute Gasteiger partial charge is 0.410 e. The lowest BCUT2D eigenvalue weighted by Crippen LogP contribution is -2.43. The molecule has 0 atom stereocenters. The Balaban J connectivity index is 1.27. The number of aromatic nitrogens is 1.